The molecule has 0 unspecified atom stereocenters. The van der Waals surface area contributed by atoms with Gasteiger partial charge in [0.1, 0.15) is 0 Å². The predicted molar refractivity (Wildman–Crippen MR) is 150 cm³/mol. The molecule has 36 heavy (non-hydrogen) atoms. The molecule has 1 N–H and O–H groups in total. The summed E-state index contributed by atoms with van der Waals surface area (Å²) in [6.45, 7) is 16.0. The Morgan fingerprint density at radius 2 is 1.17 bits per heavy atom. The highest BCUT2D eigenvalue weighted by atomic mass is 16.4. The van der Waals surface area contributed by atoms with Crippen molar-refractivity contribution in [2.75, 3.05) is 0 Å². The Hall–Kier alpha value is -4.00. The average Bonchev–Trinajstić information content (AvgIpc) is 2.96. The van der Waals surface area contributed by atoms with Crippen molar-refractivity contribution in [1.82, 2.24) is 4.98 Å². The molecule has 3 aromatic heterocycles. The van der Waals surface area contributed by atoms with Crippen LogP contribution in [0.25, 0.3) is 0 Å². The lowest BCUT2D eigenvalue weighted by Gasteiger charge is -1.87. The molecule has 3 aromatic rings. The van der Waals surface area contributed by atoms with Crippen LogP contribution in [0.4, 0.5) is 0 Å². The lowest BCUT2D eigenvalue weighted by Crippen LogP contribution is -1.98. The van der Waals surface area contributed by atoms with E-state index in [1.807, 2.05) is 67.5 Å². The van der Waals surface area contributed by atoms with Crippen LogP contribution >= 0.6 is 0 Å². The molecule has 0 radical (unpaired) electrons. The number of carbonyl (C=O) groups excluding carboxylic acids is 1. The van der Waals surface area contributed by atoms with E-state index in [0.717, 1.165) is 6.42 Å². The zero-order chi connectivity index (χ0) is 28.5. The van der Waals surface area contributed by atoms with E-state index in [2.05, 4.69) is 13.8 Å². The number of allylic oxidation sites excluding steroid dienone is 4. The van der Waals surface area contributed by atoms with Gasteiger partial charge in [-0.05, 0) is 30.7 Å². The van der Waals surface area contributed by atoms with Crippen molar-refractivity contribution in [3.8, 4) is 0 Å². The molecule has 200 valence electrons. The van der Waals surface area contributed by atoms with Gasteiger partial charge in [0.2, 0.25) is 5.56 Å². The van der Waals surface area contributed by atoms with Gasteiger partial charge in [-0.15, -0.1) is 0 Å². The molecule has 0 aliphatic heterocycles. The Balaban J connectivity index is -0.000000173. The summed E-state index contributed by atoms with van der Waals surface area (Å²) in [4.78, 5) is 43.3. The molecule has 1 aliphatic carbocycles. The molecular weight excluding hydrogens is 458 g/mol. The molecular formula is C29H43NO6. The number of hydrogen-bond acceptors (Lipinski definition) is 6. The SMILES string of the molecule is CC.CC.CC.CC.O=C1C=CCC=C1.O=c1cccc[nH]1.O=c1cccco1.O=c1ccocc1. The van der Waals surface area contributed by atoms with E-state index in [9.17, 15) is 19.2 Å². The number of rotatable bonds is 0. The molecule has 0 aromatic carbocycles. The first-order valence-corrected chi connectivity index (χ1v) is 12.1. The van der Waals surface area contributed by atoms with Crippen molar-refractivity contribution in [3.63, 3.8) is 0 Å². The summed E-state index contributed by atoms with van der Waals surface area (Å²) >= 11 is 0. The van der Waals surface area contributed by atoms with Gasteiger partial charge in [0.15, 0.2) is 11.2 Å². The predicted octanol–water partition coefficient (Wildman–Crippen LogP) is 6.83. The molecule has 3 heterocycles. The minimum Gasteiger partial charge on any atom is -0.472 e. The van der Waals surface area contributed by atoms with Crippen LogP contribution in [-0.4, -0.2) is 10.8 Å². The van der Waals surface area contributed by atoms with Crippen molar-refractivity contribution in [2.24, 2.45) is 0 Å². The molecule has 0 atom stereocenters. The summed E-state index contributed by atoms with van der Waals surface area (Å²) in [5.41, 5.74) is -0.378. The van der Waals surface area contributed by atoms with E-state index < -0.39 is 0 Å². The maximum atomic E-state index is 10.3. The van der Waals surface area contributed by atoms with E-state index >= 15 is 0 Å². The van der Waals surface area contributed by atoms with Crippen LogP contribution in [0.2, 0.25) is 0 Å². The fourth-order valence-corrected chi connectivity index (χ4v) is 1.52. The summed E-state index contributed by atoms with van der Waals surface area (Å²) in [6.07, 6.45) is 13.4. The van der Waals surface area contributed by atoms with Crippen LogP contribution in [0.1, 0.15) is 61.8 Å². The Bertz CT molecular complexity index is 871. The third-order valence-electron chi connectivity index (χ3n) is 2.74. The second-order valence-electron chi connectivity index (χ2n) is 4.94. The van der Waals surface area contributed by atoms with Crippen LogP contribution in [-0.2, 0) is 4.79 Å². The monoisotopic (exact) mass is 501 g/mol. The Morgan fingerprint density at radius 1 is 0.639 bits per heavy atom. The van der Waals surface area contributed by atoms with E-state index in [-0.39, 0.29) is 22.4 Å². The van der Waals surface area contributed by atoms with Crippen LogP contribution in [0.3, 0.4) is 0 Å². The first-order valence-electron chi connectivity index (χ1n) is 12.1. The minimum atomic E-state index is -0.303. The van der Waals surface area contributed by atoms with Gasteiger partial charge >= 0.3 is 5.63 Å². The van der Waals surface area contributed by atoms with Crippen molar-refractivity contribution in [2.45, 2.75) is 61.8 Å². The fourth-order valence-electron chi connectivity index (χ4n) is 1.52. The molecule has 7 nitrogen and oxygen atoms in total. The Morgan fingerprint density at radius 3 is 1.39 bits per heavy atom. The van der Waals surface area contributed by atoms with Crippen LogP contribution in [0, 0.1) is 0 Å². The molecule has 0 bridgehead atoms. The lowest BCUT2D eigenvalue weighted by atomic mass is 10.2. The highest BCUT2D eigenvalue weighted by Gasteiger charge is 1.89. The fraction of sp³-hybridized carbons (Fsp3) is 0.310. The molecule has 0 amide bonds. The number of aromatic nitrogens is 1. The summed E-state index contributed by atoms with van der Waals surface area (Å²) in [6, 6.07) is 12.3. The summed E-state index contributed by atoms with van der Waals surface area (Å²) in [5.74, 6) is 0.103. The number of ketones is 1. The van der Waals surface area contributed by atoms with Gasteiger partial charge in [0, 0.05) is 30.5 Å². The second-order valence-corrected chi connectivity index (χ2v) is 4.94. The summed E-state index contributed by atoms with van der Waals surface area (Å²) in [7, 11) is 0. The van der Waals surface area contributed by atoms with Crippen LogP contribution in [0.15, 0.2) is 121 Å². The van der Waals surface area contributed by atoms with E-state index in [1.54, 1.807) is 42.6 Å². The van der Waals surface area contributed by atoms with Gasteiger partial charge in [-0.1, -0.05) is 79.7 Å². The summed E-state index contributed by atoms with van der Waals surface area (Å²) in [5, 5.41) is 0. The standard InChI is InChI=1S/C6H6O.C5H5NO.2C5H4O2.4C2H6/c7-6-4-2-1-3-5-6;7-5-3-1-2-4-6-5;6-5-1-3-7-4-2-5;6-5-3-1-2-4-7-5;4*1-2/h2-5H,1H2;1-4H,(H,6,7);2*1-4H;4*1-2H3. The van der Waals surface area contributed by atoms with Crippen molar-refractivity contribution in [3.05, 3.63) is 129 Å². The molecule has 0 saturated carbocycles. The molecule has 7 heteroatoms. The van der Waals surface area contributed by atoms with Crippen molar-refractivity contribution in [1.29, 1.82) is 0 Å². The zero-order valence-electron chi connectivity index (χ0n) is 22.9. The average molecular weight is 502 g/mol. The Kier molecular flexibility index (Phi) is 38.8. The van der Waals surface area contributed by atoms with Gasteiger partial charge < -0.3 is 13.8 Å². The smallest absolute Gasteiger partial charge is 0.335 e. The number of aromatic amines is 1. The van der Waals surface area contributed by atoms with Gasteiger partial charge in [-0.2, -0.15) is 0 Å². The second kappa shape index (κ2) is 35.6. The summed E-state index contributed by atoms with van der Waals surface area (Å²) < 4.78 is 8.93. The lowest BCUT2D eigenvalue weighted by molar-refractivity contribution is -0.110. The minimum absolute atomic E-state index is 0.0220. The van der Waals surface area contributed by atoms with E-state index in [1.165, 1.54) is 43.1 Å². The van der Waals surface area contributed by atoms with Gasteiger partial charge in [-0.3, -0.25) is 14.4 Å². The number of carbonyl (C=O) groups is 1. The maximum Gasteiger partial charge on any atom is 0.335 e. The van der Waals surface area contributed by atoms with Crippen LogP contribution in [0.5, 0.6) is 0 Å². The number of hydrogen-bond donors (Lipinski definition) is 1. The quantitative estimate of drug-likeness (QED) is 0.361. The normalized spacial score (nSPS) is 9.17. The zero-order valence-corrected chi connectivity index (χ0v) is 22.9. The third-order valence-corrected chi connectivity index (χ3v) is 2.74. The third kappa shape index (κ3) is 32.2. The maximum absolute atomic E-state index is 10.3. The van der Waals surface area contributed by atoms with E-state index in [4.69, 9.17) is 0 Å². The molecule has 1 aliphatic rings. The first-order chi connectivity index (χ1) is 17.6. The van der Waals surface area contributed by atoms with Gasteiger partial charge in [0.25, 0.3) is 0 Å². The van der Waals surface area contributed by atoms with Gasteiger partial charge in [-0.25, -0.2) is 4.79 Å². The first kappa shape index (κ1) is 39.2. The number of nitrogens with one attached hydrogen (secondary N) is 1. The highest BCUT2D eigenvalue weighted by Crippen LogP contribution is 1.94. The van der Waals surface area contributed by atoms with Crippen molar-refractivity contribution >= 4 is 5.78 Å². The van der Waals surface area contributed by atoms with Crippen LogP contribution < -0.4 is 16.6 Å². The molecule has 0 saturated heterocycles. The topological polar surface area (TPSA) is 110 Å². The van der Waals surface area contributed by atoms with Crippen molar-refractivity contribution < 1.29 is 13.6 Å². The highest BCUT2D eigenvalue weighted by molar-refractivity contribution is 5.99. The molecule has 0 spiro atoms. The number of pyridine rings is 1. The van der Waals surface area contributed by atoms with Gasteiger partial charge in [0.05, 0.1) is 18.8 Å². The molecule has 0 fully saturated rings. The largest absolute Gasteiger partial charge is 0.472 e. The van der Waals surface area contributed by atoms with E-state index in [0.29, 0.717) is 0 Å². The molecule has 4 rings (SSSR count). The Labute approximate surface area is 215 Å². The number of H-pyrrole nitrogens is 1.